The number of carbonyl (C=O) groups is 5. The van der Waals surface area contributed by atoms with E-state index in [-0.39, 0.29) is 67.4 Å². The van der Waals surface area contributed by atoms with Crippen molar-refractivity contribution in [2.45, 2.75) is 122 Å². The van der Waals surface area contributed by atoms with Crippen molar-refractivity contribution in [1.29, 1.82) is 0 Å². The van der Waals surface area contributed by atoms with E-state index >= 15 is 0 Å². The van der Waals surface area contributed by atoms with Gasteiger partial charge in [0.1, 0.15) is 46.7 Å². The summed E-state index contributed by atoms with van der Waals surface area (Å²) in [6.07, 6.45) is 6.41. The highest BCUT2D eigenvalue weighted by Crippen LogP contribution is 2.37. The number of halogens is 2. The van der Waals surface area contributed by atoms with Gasteiger partial charge in [-0.05, 0) is 98.4 Å². The van der Waals surface area contributed by atoms with Crippen LogP contribution in [0.2, 0.25) is 0 Å². The Morgan fingerprint density at radius 2 is 1.70 bits per heavy atom. The van der Waals surface area contributed by atoms with Crippen molar-refractivity contribution in [3.63, 3.8) is 0 Å². The van der Waals surface area contributed by atoms with Gasteiger partial charge in [0.25, 0.3) is 5.91 Å². The van der Waals surface area contributed by atoms with E-state index in [1.165, 1.54) is 21.7 Å². The van der Waals surface area contributed by atoms with Gasteiger partial charge in [0, 0.05) is 69.8 Å². The lowest BCUT2D eigenvalue weighted by Crippen LogP contribution is -2.57. The molecule has 76 heavy (non-hydrogen) atoms. The lowest BCUT2D eigenvalue weighted by Gasteiger charge is -2.35. The number of hydrogen-bond donors (Lipinski definition) is 5. The molecule has 21 heteroatoms. The van der Waals surface area contributed by atoms with E-state index in [0.717, 1.165) is 40.3 Å². The SMILES string of the molecule is Cc1ncsc1-c1ccc(CNC(=O)[C@@H]2C[C@@H](O)CN2C(=O)[C@@H](NC(=O)CCCCC(=O)N2CCC(Nc3cccc(C(=O)Nc4cnn5ccc(N6CCC[C@@H]6c6cc(F)ccc6F)nc45)n3)CC2)C(C)(C)C)cc1. The quantitative estimate of drug-likeness (QED) is 0.0573. The van der Waals surface area contributed by atoms with Crippen LogP contribution >= 0.6 is 11.3 Å². The smallest absolute Gasteiger partial charge is 0.274 e. The zero-order valence-corrected chi connectivity index (χ0v) is 43.9. The van der Waals surface area contributed by atoms with Crippen molar-refractivity contribution in [1.82, 2.24) is 45.0 Å². The molecule has 0 saturated carbocycles. The van der Waals surface area contributed by atoms with E-state index in [1.807, 2.05) is 61.8 Å². The van der Waals surface area contributed by atoms with Gasteiger partial charge in [0.2, 0.25) is 23.6 Å². The largest absolute Gasteiger partial charge is 0.391 e. The molecular formula is C55H64F2N12O6S. The summed E-state index contributed by atoms with van der Waals surface area (Å²) in [5, 5.41) is 27.1. The van der Waals surface area contributed by atoms with E-state index in [0.29, 0.717) is 74.7 Å². The highest BCUT2D eigenvalue weighted by atomic mass is 32.1. The highest BCUT2D eigenvalue weighted by molar-refractivity contribution is 7.13. The number of aliphatic hydroxyl groups is 1. The molecule has 6 aromatic rings. The summed E-state index contributed by atoms with van der Waals surface area (Å²) in [5.74, 6) is -1.56. The van der Waals surface area contributed by atoms with E-state index in [9.17, 15) is 37.9 Å². The van der Waals surface area contributed by atoms with Crippen LogP contribution < -0.4 is 26.2 Å². The summed E-state index contributed by atoms with van der Waals surface area (Å²) in [6, 6.07) is 15.9. The number of unbranched alkanes of at least 4 members (excludes halogenated alkanes) is 1. The highest BCUT2D eigenvalue weighted by Gasteiger charge is 2.44. The fourth-order valence-electron chi connectivity index (χ4n) is 10.3. The van der Waals surface area contributed by atoms with Crippen LogP contribution in [-0.2, 0) is 25.7 Å². The Kier molecular flexibility index (Phi) is 16.3. The van der Waals surface area contributed by atoms with Gasteiger partial charge >= 0.3 is 0 Å². The average molecular weight is 1060 g/mol. The van der Waals surface area contributed by atoms with Gasteiger partial charge in [0.15, 0.2) is 5.65 Å². The van der Waals surface area contributed by atoms with Crippen LogP contribution in [-0.4, -0.2) is 119 Å². The van der Waals surface area contributed by atoms with Gasteiger partial charge in [0.05, 0.1) is 34.4 Å². The Labute approximate surface area is 443 Å². The first-order chi connectivity index (χ1) is 36.5. The second kappa shape index (κ2) is 23.2. The molecule has 4 atom stereocenters. The number of aliphatic hydroxyl groups excluding tert-OH is 1. The molecule has 400 valence electrons. The van der Waals surface area contributed by atoms with E-state index < -0.39 is 53.1 Å². The van der Waals surface area contributed by atoms with Gasteiger partial charge in [-0.1, -0.05) is 51.1 Å². The third-order valence-corrected chi connectivity index (χ3v) is 15.4. The number of carbonyl (C=O) groups excluding carboxylic acids is 5. The number of likely N-dealkylation sites (tertiary alicyclic amines) is 2. The first-order valence-corrected chi connectivity index (χ1v) is 26.8. The van der Waals surface area contributed by atoms with Crippen LogP contribution in [0, 0.1) is 24.0 Å². The Morgan fingerprint density at radius 3 is 2.45 bits per heavy atom. The van der Waals surface area contributed by atoms with Crippen molar-refractivity contribution in [2.24, 2.45) is 5.41 Å². The summed E-state index contributed by atoms with van der Waals surface area (Å²) >= 11 is 1.56. The number of nitrogens with zero attached hydrogens (tertiary/aromatic N) is 8. The molecule has 5 amide bonds. The standard InChI is InChI=1S/C55H64F2N12O6S/c1-33-49(76-32-59-33)35-16-14-34(15-17-35)29-58-53(74)44-28-38(70)31-68(44)54(75)50(55(2,3)4)65-47(71)12-5-6-13-48(72)66-24-20-37(21-25-66)61-45-11-7-9-41(62-45)52(73)63-42-30-60-69-26-22-46(64-51(42)69)67-23-8-10-43(67)39-27-36(56)18-19-40(39)57/h7,9,11,14-19,22,26-27,30,32,37-38,43-44,50,70H,5-6,8,10,12-13,20-21,23-25,28-29,31H2,1-4H3,(H,58,74)(H,61,62)(H,63,73)(H,65,71)/t38-,43-,44+,50-/m1/s1. The number of rotatable bonds is 17. The number of anilines is 3. The fraction of sp³-hybridized carbons (Fsp3) is 0.436. The topological polar surface area (TPSA) is 219 Å². The number of piperidine rings is 1. The van der Waals surface area contributed by atoms with Crippen molar-refractivity contribution in [3.05, 3.63) is 119 Å². The minimum Gasteiger partial charge on any atom is -0.391 e. The van der Waals surface area contributed by atoms with Gasteiger partial charge in [-0.25, -0.2) is 28.2 Å². The molecule has 3 aliphatic rings. The number of nitrogens with one attached hydrogen (secondary N) is 4. The Hall–Kier alpha value is -7.39. The van der Waals surface area contributed by atoms with Crippen molar-refractivity contribution >= 4 is 63.8 Å². The van der Waals surface area contributed by atoms with Crippen LogP contribution in [0.5, 0.6) is 0 Å². The second-order valence-corrected chi connectivity index (χ2v) is 21.8. The maximum atomic E-state index is 14.8. The number of aryl methyl sites for hydroxylation is 1. The van der Waals surface area contributed by atoms with Crippen LogP contribution in [0.1, 0.15) is 112 Å². The molecular weight excluding hydrogens is 995 g/mol. The van der Waals surface area contributed by atoms with Gasteiger partial charge in [-0.3, -0.25) is 24.0 Å². The predicted octanol–water partition coefficient (Wildman–Crippen LogP) is 7.20. The monoisotopic (exact) mass is 1060 g/mol. The Balaban J connectivity index is 0.705. The van der Waals surface area contributed by atoms with Crippen molar-refractivity contribution < 1.29 is 37.9 Å². The molecule has 4 aromatic heterocycles. The molecule has 3 fully saturated rings. The number of benzene rings is 2. The van der Waals surface area contributed by atoms with Gasteiger partial charge in [-0.15, -0.1) is 11.3 Å². The Bertz CT molecular complexity index is 3080. The summed E-state index contributed by atoms with van der Waals surface area (Å²) in [7, 11) is 0. The summed E-state index contributed by atoms with van der Waals surface area (Å²) in [6.45, 7) is 9.35. The number of amides is 5. The predicted molar refractivity (Wildman–Crippen MR) is 284 cm³/mol. The minimum absolute atomic E-state index is 0.00521. The summed E-state index contributed by atoms with van der Waals surface area (Å²) in [5.41, 5.74) is 5.16. The zero-order valence-electron chi connectivity index (χ0n) is 43.1. The number of β-amino-alcohol motifs (C(OH)–C–C–N with tert-alkyl or cyclic N) is 1. The number of aromatic nitrogens is 5. The van der Waals surface area contributed by atoms with E-state index in [4.69, 9.17) is 4.98 Å². The second-order valence-electron chi connectivity index (χ2n) is 20.9. The maximum absolute atomic E-state index is 14.8. The van der Waals surface area contributed by atoms with Crippen molar-refractivity contribution in [2.75, 3.05) is 41.7 Å². The number of pyridine rings is 1. The molecule has 0 radical (unpaired) electrons. The average Bonchev–Trinajstić information content (AvgIpc) is 4.25. The third kappa shape index (κ3) is 12.5. The number of fused-ring (bicyclic) bond motifs is 1. The molecule has 0 aliphatic carbocycles. The third-order valence-electron chi connectivity index (χ3n) is 14.4. The summed E-state index contributed by atoms with van der Waals surface area (Å²) < 4.78 is 30.5. The molecule has 5 N–H and O–H groups in total. The molecule has 3 saturated heterocycles. The van der Waals surface area contributed by atoms with Crippen LogP contribution in [0.15, 0.2) is 84.6 Å². The molecule has 0 bridgehead atoms. The molecule has 2 aromatic carbocycles. The first kappa shape index (κ1) is 53.4. The minimum atomic E-state index is -0.953. The van der Waals surface area contributed by atoms with Crippen LogP contribution in [0.25, 0.3) is 16.1 Å². The number of hydrogen-bond acceptors (Lipinski definition) is 13. The van der Waals surface area contributed by atoms with E-state index in [2.05, 4.69) is 36.3 Å². The molecule has 9 rings (SSSR count). The normalized spacial score (nSPS) is 18.5. The van der Waals surface area contributed by atoms with E-state index in [1.54, 1.807) is 47.3 Å². The van der Waals surface area contributed by atoms with Gasteiger partial charge < -0.3 is 41.1 Å². The van der Waals surface area contributed by atoms with Crippen LogP contribution in [0.4, 0.5) is 26.1 Å². The number of thiazole rings is 1. The molecule has 3 aliphatic heterocycles. The molecule has 0 spiro atoms. The lowest BCUT2D eigenvalue weighted by atomic mass is 9.85. The molecule has 0 unspecified atom stereocenters. The first-order valence-electron chi connectivity index (χ1n) is 25.9. The lowest BCUT2D eigenvalue weighted by molar-refractivity contribution is -0.144. The fourth-order valence-corrected chi connectivity index (χ4v) is 11.1. The van der Waals surface area contributed by atoms with Crippen LogP contribution in [0.3, 0.4) is 0 Å². The zero-order chi connectivity index (χ0) is 53.7. The maximum Gasteiger partial charge on any atom is 0.274 e. The summed E-state index contributed by atoms with van der Waals surface area (Å²) in [4.78, 5) is 87.7. The van der Waals surface area contributed by atoms with Crippen molar-refractivity contribution in [3.8, 4) is 10.4 Å². The molecule has 18 nitrogen and oxygen atoms in total. The molecule has 7 heterocycles. The van der Waals surface area contributed by atoms with Gasteiger partial charge in [-0.2, -0.15) is 5.10 Å². The Morgan fingerprint density at radius 1 is 0.921 bits per heavy atom.